The van der Waals surface area contributed by atoms with Crippen LogP contribution < -0.4 is 0 Å². The molecule has 0 radical (unpaired) electrons. The fourth-order valence-electron chi connectivity index (χ4n) is 2.64. The van der Waals surface area contributed by atoms with Crippen LogP contribution in [-0.2, 0) is 9.59 Å². The topological polar surface area (TPSA) is 74.6 Å². The number of carbonyl (C=O) groups is 2. The van der Waals surface area contributed by atoms with Gasteiger partial charge in [-0.15, -0.1) is 6.58 Å². The van der Waals surface area contributed by atoms with Crippen molar-refractivity contribution in [2.24, 2.45) is 11.8 Å². The van der Waals surface area contributed by atoms with E-state index in [1.165, 1.54) is 44.6 Å². The fourth-order valence-corrected chi connectivity index (χ4v) is 2.64. The molecule has 0 saturated carbocycles. The van der Waals surface area contributed by atoms with Crippen molar-refractivity contribution < 1.29 is 19.8 Å². The molecule has 0 amide bonds. The zero-order valence-corrected chi connectivity index (χ0v) is 14.4. The number of aliphatic carboxylic acids is 2. The van der Waals surface area contributed by atoms with Gasteiger partial charge in [-0.25, -0.2) is 0 Å². The van der Waals surface area contributed by atoms with Gasteiger partial charge in [-0.1, -0.05) is 63.7 Å². The van der Waals surface area contributed by atoms with Crippen LogP contribution >= 0.6 is 0 Å². The Morgan fingerprint density at radius 2 is 1.67 bits per heavy atom. The van der Waals surface area contributed by atoms with Gasteiger partial charge >= 0.3 is 63.3 Å². The van der Waals surface area contributed by atoms with E-state index in [9.17, 15) is 9.59 Å². The van der Waals surface area contributed by atoms with Crippen LogP contribution in [0.5, 0.6) is 0 Å². The first-order chi connectivity index (χ1) is 11.0. The van der Waals surface area contributed by atoms with E-state index in [4.69, 9.17) is 10.2 Å². The van der Waals surface area contributed by atoms with Gasteiger partial charge in [0.05, 0.1) is 12.3 Å². The number of carboxylic acid groups (broad SMARTS) is 2. The van der Waals surface area contributed by atoms with Gasteiger partial charge in [0.25, 0.3) is 0 Å². The molecule has 0 fully saturated rings. The molecule has 2 unspecified atom stereocenters. The molecule has 0 heterocycles. The molecule has 24 heavy (non-hydrogen) atoms. The van der Waals surface area contributed by atoms with Crippen molar-refractivity contribution in [2.45, 2.75) is 71.1 Å². The van der Waals surface area contributed by atoms with Crippen molar-refractivity contribution in [1.29, 1.82) is 0 Å². The van der Waals surface area contributed by atoms with Crippen LogP contribution in [-0.4, -0.2) is 73.5 Å². The SMILES string of the molecule is C=CCC(CC=CC(CC(=O)O)C(=O)O)CCCCCCCC.[KH]. The van der Waals surface area contributed by atoms with Gasteiger partial charge in [0.1, 0.15) is 0 Å². The maximum absolute atomic E-state index is 11.0. The number of hydrogen-bond acceptors (Lipinski definition) is 2. The molecule has 4 nitrogen and oxygen atoms in total. The molecule has 0 aromatic heterocycles. The molecule has 2 atom stereocenters. The summed E-state index contributed by atoms with van der Waals surface area (Å²) in [5.41, 5.74) is 0. The summed E-state index contributed by atoms with van der Waals surface area (Å²) in [6, 6.07) is 0. The van der Waals surface area contributed by atoms with E-state index in [1.807, 2.05) is 12.2 Å². The zero-order chi connectivity index (χ0) is 17.5. The summed E-state index contributed by atoms with van der Waals surface area (Å²) < 4.78 is 0. The Bertz CT molecular complexity index is 380. The Kier molecular flexibility index (Phi) is 19.6. The van der Waals surface area contributed by atoms with Gasteiger partial charge in [0, 0.05) is 0 Å². The van der Waals surface area contributed by atoms with Gasteiger partial charge < -0.3 is 10.2 Å². The Balaban J connectivity index is 0. The average Bonchev–Trinajstić information content (AvgIpc) is 2.49. The van der Waals surface area contributed by atoms with Crippen LogP contribution in [0.2, 0.25) is 0 Å². The van der Waals surface area contributed by atoms with Gasteiger partial charge in [0.15, 0.2) is 0 Å². The number of hydrogen-bond donors (Lipinski definition) is 2. The first-order valence-electron chi connectivity index (χ1n) is 8.73. The summed E-state index contributed by atoms with van der Waals surface area (Å²) in [6.45, 7) is 5.99. The minimum atomic E-state index is -1.09. The predicted octanol–water partition coefficient (Wildman–Crippen LogP) is 4.40. The van der Waals surface area contributed by atoms with E-state index in [0.29, 0.717) is 5.92 Å². The Labute approximate surface area is 189 Å². The Morgan fingerprint density at radius 1 is 1.04 bits per heavy atom. The van der Waals surface area contributed by atoms with E-state index >= 15 is 0 Å². The van der Waals surface area contributed by atoms with Crippen LogP contribution in [0.4, 0.5) is 0 Å². The minimum absolute atomic E-state index is 0. The summed E-state index contributed by atoms with van der Waals surface area (Å²) >= 11 is 0. The van der Waals surface area contributed by atoms with E-state index in [2.05, 4.69) is 13.5 Å². The van der Waals surface area contributed by atoms with Crippen LogP contribution in [0.1, 0.15) is 71.1 Å². The molecule has 0 aliphatic rings. The van der Waals surface area contributed by atoms with E-state index in [1.54, 1.807) is 0 Å². The predicted molar refractivity (Wildman–Crippen MR) is 101 cm³/mol. The average molecular weight is 365 g/mol. The van der Waals surface area contributed by atoms with E-state index in [-0.39, 0.29) is 57.8 Å². The maximum atomic E-state index is 11.0. The molecule has 0 aromatic rings. The Morgan fingerprint density at radius 3 is 2.21 bits per heavy atom. The molecule has 0 saturated heterocycles. The van der Waals surface area contributed by atoms with E-state index < -0.39 is 17.9 Å². The van der Waals surface area contributed by atoms with Gasteiger partial charge in [-0.05, 0) is 25.2 Å². The molecule has 2 N–H and O–H groups in total. The molecular weight excluding hydrogens is 331 g/mol. The van der Waals surface area contributed by atoms with Crippen molar-refractivity contribution in [3.8, 4) is 0 Å². The summed E-state index contributed by atoms with van der Waals surface area (Å²) in [5, 5.41) is 17.7. The molecule has 0 aliphatic carbocycles. The number of rotatable bonds is 15. The fraction of sp³-hybridized carbons (Fsp3) is 0.684. The van der Waals surface area contributed by atoms with Crippen molar-refractivity contribution >= 4 is 63.3 Å². The molecule has 5 heteroatoms. The first kappa shape index (κ1) is 26.3. The van der Waals surface area contributed by atoms with E-state index in [0.717, 1.165) is 19.3 Å². The summed E-state index contributed by atoms with van der Waals surface area (Å²) in [7, 11) is 0. The van der Waals surface area contributed by atoms with Crippen molar-refractivity contribution in [3.63, 3.8) is 0 Å². The second kappa shape index (κ2) is 17.9. The second-order valence-electron chi connectivity index (χ2n) is 6.15. The standard InChI is InChI=1S/C19H32O4.K.H/c1-3-5-6-7-8-9-12-16(11-4-2)13-10-14-17(19(22)23)15-18(20)21;;/h4,10,14,16-17H,2-3,5-9,11-13,15H2,1H3,(H,20,21)(H,22,23);;. The Hall–Kier alpha value is 0.0564. The van der Waals surface area contributed by atoms with Crippen LogP contribution in [0.3, 0.4) is 0 Å². The monoisotopic (exact) mass is 364 g/mol. The second-order valence-corrected chi connectivity index (χ2v) is 6.15. The normalized spacial score (nSPS) is 13.2. The molecule has 0 bridgehead atoms. The molecular formula is C19H33KO4. The van der Waals surface area contributed by atoms with Gasteiger partial charge in [-0.3, -0.25) is 9.59 Å². The van der Waals surface area contributed by atoms with Crippen molar-refractivity contribution in [2.75, 3.05) is 0 Å². The quantitative estimate of drug-likeness (QED) is 0.256. The molecule has 0 aliphatic heterocycles. The number of unbranched alkanes of at least 4 members (excludes halogenated alkanes) is 5. The van der Waals surface area contributed by atoms with Crippen LogP contribution in [0, 0.1) is 11.8 Å². The van der Waals surface area contributed by atoms with Crippen molar-refractivity contribution in [1.82, 2.24) is 0 Å². The zero-order valence-electron chi connectivity index (χ0n) is 14.4. The summed E-state index contributed by atoms with van der Waals surface area (Å²) in [4.78, 5) is 21.7. The third kappa shape index (κ3) is 15.6. The van der Waals surface area contributed by atoms with Gasteiger partial charge in [0.2, 0.25) is 0 Å². The number of carboxylic acids is 2. The van der Waals surface area contributed by atoms with Gasteiger partial charge in [-0.2, -0.15) is 0 Å². The molecule has 134 valence electrons. The molecule has 0 rings (SSSR count). The molecule has 0 aromatic carbocycles. The third-order valence-electron chi connectivity index (χ3n) is 4.02. The summed E-state index contributed by atoms with van der Waals surface area (Å²) in [5.74, 6) is -2.64. The first-order valence-corrected chi connectivity index (χ1v) is 8.73. The third-order valence-corrected chi connectivity index (χ3v) is 4.02. The number of allylic oxidation sites excluding steroid dienone is 2. The molecule has 0 spiro atoms. The summed E-state index contributed by atoms with van der Waals surface area (Å²) in [6.07, 6.45) is 15.3. The van der Waals surface area contributed by atoms with Crippen LogP contribution in [0.15, 0.2) is 24.8 Å². The van der Waals surface area contributed by atoms with Crippen molar-refractivity contribution in [3.05, 3.63) is 24.8 Å². The van der Waals surface area contributed by atoms with Crippen LogP contribution in [0.25, 0.3) is 0 Å².